The predicted octanol–water partition coefficient (Wildman–Crippen LogP) is 5.11. The summed E-state index contributed by atoms with van der Waals surface area (Å²) < 4.78 is 17.3. The molecule has 4 rings (SSSR count). The molecular weight excluding hydrogens is 517 g/mol. The number of ether oxygens (including phenoxy) is 3. The van der Waals surface area contributed by atoms with Crippen LogP contribution in [0.2, 0.25) is 0 Å². The van der Waals surface area contributed by atoms with E-state index >= 15 is 0 Å². The third kappa shape index (κ3) is 6.86. The first-order valence-electron chi connectivity index (χ1n) is 10.4. The summed E-state index contributed by atoms with van der Waals surface area (Å²) in [6, 6.07) is 23.9. The van der Waals surface area contributed by atoms with Gasteiger partial charge in [0.25, 0.3) is 0 Å². The van der Waals surface area contributed by atoms with Crippen LogP contribution in [0.15, 0.2) is 77.8 Å². The molecule has 3 aromatic carbocycles. The van der Waals surface area contributed by atoms with Gasteiger partial charge in [-0.05, 0) is 28.8 Å². The van der Waals surface area contributed by atoms with Crippen molar-refractivity contribution in [2.45, 2.75) is 26.2 Å². The standard InChI is InChI=1S/C25H27N3O3.HI/c26-25(28-22-11-12-23-24(15-22)31-14-6-13-30-23)27-16-20-9-4-5-10-21(20)18-29-17-19-7-2-1-3-8-19;/h1-5,7-12,15H,6,13-14,16-18H2,(H3,26,27,28);1H. The average Bonchev–Trinajstić information content (AvgIpc) is 3.04. The van der Waals surface area contributed by atoms with E-state index in [1.54, 1.807) is 0 Å². The summed E-state index contributed by atoms with van der Waals surface area (Å²) in [4.78, 5) is 4.50. The number of nitrogens with one attached hydrogen (secondary N) is 1. The molecular formula is C25H28IN3O3. The molecule has 3 N–H and O–H groups in total. The zero-order valence-corrected chi connectivity index (χ0v) is 20.2. The number of fused-ring (bicyclic) bond motifs is 1. The van der Waals surface area contributed by atoms with Gasteiger partial charge in [0.2, 0.25) is 0 Å². The summed E-state index contributed by atoms with van der Waals surface area (Å²) >= 11 is 0. The summed E-state index contributed by atoms with van der Waals surface area (Å²) in [5.74, 6) is 1.81. The van der Waals surface area contributed by atoms with Gasteiger partial charge in [-0.25, -0.2) is 4.99 Å². The lowest BCUT2D eigenvalue weighted by Crippen LogP contribution is -2.22. The van der Waals surface area contributed by atoms with Crippen LogP contribution in [0.25, 0.3) is 0 Å². The number of guanidine groups is 1. The van der Waals surface area contributed by atoms with Gasteiger partial charge in [0.1, 0.15) is 0 Å². The molecule has 0 aliphatic carbocycles. The fourth-order valence-corrected chi connectivity index (χ4v) is 3.30. The molecule has 0 fully saturated rings. The third-order valence-corrected chi connectivity index (χ3v) is 4.93. The lowest BCUT2D eigenvalue weighted by molar-refractivity contribution is 0.106. The van der Waals surface area contributed by atoms with E-state index in [1.165, 1.54) is 0 Å². The van der Waals surface area contributed by atoms with E-state index in [0.717, 1.165) is 40.3 Å². The van der Waals surface area contributed by atoms with E-state index in [9.17, 15) is 0 Å². The number of hydrogen-bond donors (Lipinski definition) is 2. The molecule has 1 aliphatic heterocycles. The molecule has 6 nitrogen and oxygen atoms in total. The quantitative estimate of drug-likeness (QED) is 0.245. The molecule has 32 heavy (non-hydrogen) atoms. The number of nitrogens with zero attached hydrogens (tertiary/aromatic N) is 1. The zero-order chi connectivity index (χ0) is 21.3. The maximum absolute atomic E-state index is 6.12. The molecule has 1 aliphatic rings. The fourth-order valence-electron chi connectivity index (χ4n) is 3.30. The molecule has 0 amide bonds. The monoisotopic (exact) mass is 545 g/mol. The Balaban J connectivity index is 0.00000289. The number of anilines is 1. The Morgan fingerprint density at radius 3 is 2.41 bits per heavy atom. The van der Waals surface area contributed by atoms with Crippen LogP contribution in [0.1, 0.15) is 23.1 Å². The highest BCUT2D eigenvalue weighted by Crippen LogP contribution is 2.32. The van der Waals surface area contributed by atoms with Crippen molar-refractivity contribution < 1.29 is 14.2 Å². The summed E-state index contributed by atoms with van der Waals surface area (Å²) in [6.45, 7) is 2.87. The highest BCUT2D eigenvalue weighted by Gasteiger charge is 2.11. The molecule has 3 aromatic rings. The van der Waals surface area contributed by atoms with Crippen molar-refractivity contribution in [1.29, 1.82) is 0 Å². The van der Waals surface area contributed by atoms with Crippen LogP contribution in [-0.2, 0) is 24.5 Å². The highest BCUT2D eigenvalue weighted by molar-refractivity contribution is 14.0. The van der Waals surface area contributed by atoms with Crippen LogP contribution in [0.3, 0.4) is 0 Å². The van der Waals surface area contributed by atoms with E-state index in [0.29, 0.717) is 38.9 Å². The second-order valence-corrected chi connectivity index (χ2v) is 7.29. The third-order valence-electron chi connectivity index (χ3n) is 4.93. The Morgan fingerprint density at radius 1 is 0.875 bits per heavy atom. The van der Waals surface area contributed by atoms with E-state index < -0.39 is 0 Å². The minimum absolute atomic E-state index is 0. The molecule has 168 valence electrons. The van der Waals surface area contributed by atoms with E-state index in [1.807, 2.05) is 54.6 Å². The van der Waals surface area contributed by atoms with Crippen molar-refractivity contribution in [3.05, 3.63) is 89.5 Å². The largest absolute Gasteiger partial charge is 0.490 e. The van der Waals surface area contributed by atoms with Crippen molar-refractivity contribution in [1.82, 2.24) is 0 Å². The van der Waals surface area contributed by atoms with Gasteiger partial charge in [0.15, 0.2) is 17.5 Å². The second-order valence-electron chi connectivity index (χ2n) is 7.29. The lowest BCUT2D eigenvalue weighted by atomic mass is 10.1. The van der Waals surface area contributed by atoms with Gasteiger partial charge in [-0.3, -0.25) is 0 Å². The van der Waals surface area contributed by atoms with Crippen molar-refractivity contribution >= 4 is 35.6 Å². The number of nitrogens with two attached hydrogens (primary N) is 1. The number of hydrogen-bond acceptors (Lipinski definition) is 4. The molecule has 7 heteroatoms. The van der Waals surface area contributed by atoms with Crippen LogP contribution in [0.5, 0.6) is 11.5 Å². The van der Waals surface area contributed by atoms with E-state index in [-0.39, 0.29) is 24.0 Å². The summed E-state index contributed by atoms with van der Waals surface area (Å²) in [5, 5.41) is 3.13. The van der Waals surface area contributed by atoms with Crippen LogP contribution in [0.4, 0.5) is 5.69 Å². The minimum Gasteiger partial charge on any atom is -0.490 e. The average molecular weight is 545 g/mol. The number of halogens is 1. The fraction of sp³-hybridized carbons (Fsp3) is 0.240. The Hall–Kier alpha value is -2.78. The van der Waals surface area contributed by atoms with Gasteiger partial charge < -0.3 is 25.3 Å². The van der Waals surface area contributed by atoms with Crippen molar-refractivity contribution in [3.63, 3.8) is 0 Å². The van der Waals surface area contributed by atoms with Gasteiger partial charge in [0, 0.05) is 18.2 Å². The van der Waals surface area contributed by atoms with Crippen LogP contribution in [-0.4, -0.2) is 19.2 Å². The van der Waals surface area contributed by atoms with Crippen molar-refractivity contribution in [2.75, 3.05) is 18.5 Å². The van der Waals surface area contributed by atoms with Gasteiger partial charge in [-0.2, -0.15) is 0 Å². The number of rotatable bonds is 7. The molecule has 0 radical (unpaired) electrons. The summed E-state index contributed by atoms with van der Waals surface area (Å²) in [6.07, 6.45) is 0.871. The highest BCUT2D eigenvalue weighted by atomic mass is 127. The molecule has 0 saturated heterocycles. The molecule has 0 bridgehead atoms. The van der Waals surface area contributed by atoms with Gasteiger partial charge in [-0.1, -0.05) is 54.6 Å². The van der Waals surface area contributed by atoms with Crippen LogP contribution < -0.4 is 20.5 Å². The Morgan fingerprint density at radius 2 is 1.59 bits per heavy atom. The van der Waals surface area contributed by atoms with Crippen LogP contribution in [0, 0.1) is 0 Å². The zero-order valence-electron chi connectivity index (χ0n) is 17.8. The minimum atomic E-state index is 0. The Kier molecular flexibility index (Phi) is 9.18. The van der Waals surface area contributed by atoms with Crippen LogP contribution >= 0.6 is 24.0 Å². The van der Waals surface area contributed by atoms with E-state index in [4.69, 9.17) is 19.9 Å². The maximum atomic E-state index is 6.12. The molecule has 0 spiro atoms. The smallest absolute Gasteiger partial charge is 0.193 e. The maximum Gasteiger partial charge on any atom is 0.193 e. The topological polar surface area (TPSA) is 78.1 Å². The van der Waals surface area contributed by atoms with Crippen molar-refractivity contribution in [3.8, 4) is 11.5 Å². The molecule has 0 saturated carbocycles. The number of benzene rings is 3. The number of aliphatic imine (C=N–C) groups is 1. The predicted molar refractivity (Wildman–Crippen MR) is 138 cm³/mol. The van der Waals surface area contributed by atoms with Gasteiger partial charge in [-0.15, -0.1) is 24.0 Å². The summed E-state index contributed by atoms with van der Waals surface area (Å²) in [7, 11) is 0. The Labute approximate surface area is 205 Å². The second kappa shape index (κ2) is 12.3. The van der Waals surface area contributed by atoms with Gasteiger partial charge in [0.05, 0.1) is 33.0 Å². The molecule has 0 atom stereocenters. The first-order valence-corrected chi connectivity index (χ1v) is 10.4. The van der Waals surface area contributed by atoms with E-state index in [2.05, 4.69) is 28.5 Å². The Bertz CT molecular complexity index is 1030. The molecule has 1 heterocycles. The van der Waals surface area contributed by atoms with Gasteiger partial charge >= 0.3 is 0 Å². The first kappa shape index (κ1) is 23.9. The normalized spacial score (nSPS) is 13.1. The lowest BCUT2D eigenvalue weighted by Gasteiger charge is -2.11. The van der Waals surface area contributed by atoms with Crippen molar-refractivity contribution in [2.24, 2.45) is 10.7 Å². The SMILES string of the molecule is I.NC(=NCc1ccccc1COCc1ccccc1)Nc1ccc2c(c1)OCCCO2. The molecule has 0 aromatic heterocycles. The summed E-state index contributed by atoms with van der Waals surface area (Å²) in [5.41, 5.74) is 10.3. The first-order chi connectivity index (χ1) is 15.3. The molecule has 0 unspecified atom stereocenters.